The third-order valence-electron chi connectivity index (χ3n) is 4.88. The van der Waals surface area contributed by atoms with Gasteiger partial charge in [-0.3, -0.25) is 10.2 Å². The van der Waals surface area contributed by atoms with Crippen LogP contribution in [0.15, 0.2) is 11.3 Å². The van der Waals surface area contributed by atoms with E-state index in [1.54, 1.807) is 6.92 Å². The number of amides is 1. The van der Waals surface area contributed by atoms with E-state index in [-0.39, 0.29) is 28.7 Å². The molecule has 0 aromatic heterocycles. The van der Waals surface area contributed by atoms with E-state index in [9.17, 15) is 14.7 Å². The number of hydrogen-bond acceptors (Lipinski definition) is 8. The van der Waals surface area contributed by atoms with Crippen LogP contribution in [-0.4, -0.2) is 78.0 Å². The van der Waals surface area contributed by atoms with Crippen molar-refractivity contribution in [2.24, 2.45) is 17.6 Å². The monoisotopic (exact) mass is 413 g/mol. The average molecular weight is 413 g/mol. The van der Waals surface area contributed by atoms with E-state index >= 15 is 0 Å². The molecule has 0 aliphatic carbocycles. The summed E-state index contributed by atoms with van der Waals surface area (Å²) in [5.41, 5.74) is 6.41. The predicted molar refractivity (Wildman–Crippen MR) is 107 cm³/mol. The molecule has 1 saturated heterocycles. The average Bonchev–Trinajstić information content (AvgIpc) is 2.81. The lowest BCUT2D eigenvalue weighted by Crippen LogP contribution is -2.63. The van der Waals surface area contributed by atoms with Crippen LogP contribution in [0, 0.1) is 17.2 Å². The number of nitrogens with zero attached hydrogens (tertiary/aromatic N) is 2. The summed E-state index contributed by atoms with van der Waals surface area (Å²) in [7, 11) is 6.67. The van der Waals surface area contributed by atoms with Crippen LogP contribution < -0.4 is 10.7 Å². The van der Waals surface area contributed by atoms with E-state index < -0.39 is 26.9 Å². The number of fused-ring (bicyclic) bond motifs is 1. The fourth-order valence-electron chi connectivity index (χ4n) is 3.65. The van der Waals surface area contributed by atoms with Gasteiger partial charge in [-0.15, -0.1) is 0 Å². The van der Waals surface area contributed by atoms with E-state index in [0.29, 0.717) is 18.8 Å². The van der Waals surface area contributed by atoms with E-state index in [2.05, 4.69) is 5.00 Å². The zero-order valence-corrected chi connectivity index (χ0v) is 17.4. The van der Waals surface area contributed by atoms with Gasteiger partial charge in [-0.1, -0.05) is 18.7 Å². The molecule has 2 aliphatic heterocycles. The topological polar surface area (TPSA) is 132 Å². The molecule has 1 fully saturated rings. The molecule has 0 aromatic rings. The summed E-state index contributed by atoms with van der Waals surface area (Å²) >= 11 is 1.25. The van der Waals surface area contributed by atoms with Crippen molar-refractivity contribution in [2.45, 2.75) is 26.0 Å². The highest BCUT2D eigenvalue weighted by molar-refractivity contribution is 8.13. The maximum absolute atomic E-state index is 12.6. The van der Waals surface area contributed by atoms with Gasteiger partial charge in [0.25, 0.3) is 0 Å². The highest BCUT2D eigenvalue weighted by Gasteiger charge is 2.59. The van der Waals surface area contributed by atoms with Gasteiger partial charge in [0.05, 0.1) is 18.1 Å². The molecule has 9 nitrogen and oxygen atoms in total. The van der Waals surface area contributed by atoms with Gasteiger partial charge >= 0.3 is 5.97 Å². The molecule has 2 heterocycles. The fourth-order valence-corrected chi connectivity index (χ4v) is 4.52. The second-order valence-electron chi connectivity index (χ2n) is 6.71. The van der Waals surface area contributed by atoms with Crippen molar-refractivity contribution >= 4 is 45.7 Å². The highest BCUT2D eigenvalue weighted by atomic mass is 32.2. The molecule has 0 bridgehead atoms. The third-order valence-corrected chi connectivity index (χ3v) is 5.99. The van der Waals surface area contributed by atoms with Gasteiger partial charge in [0, 0.05) is 24.8 Å². The van der Waals surface area contributed by atoms with Crippen LogP contribution in [0.3, 0.4) is 0 Å². The van der Waals surface area contributed by atoms with Gasteiger partial charge in [-0.2, -0.15) is 0 Å². The van der Waals surface area contributed by atoms with Crippen LogP contribution >= 0.6 is 20.7 Å². The van der Waals surface area contributed by atoms with Crippen LogP contribution in [0.4, 0.5) is 0 Å². The van der Waals surface area contributed by atoms with E-state index in [1.165, 1.54) is 16.7 Å². The summed E-state index contributed by atoms with van der Waals surface area (Å²) in [5.74, 6) is -0.813. The number of aliphatic hydroxyl groups is 1. The second-order valence-corrected chi connectivity index (χ2v) is 8.55. The van der Waals surface area contributed by atoms with E-state index in [1.807, 2.05) is 18.9 Å². The molecular formula is C15H25BN5O4PS. The van der Waals surface area contributed by atoms with Crippen LogP contribution in [0.1, 0.15) is 13.8 Å². The maximum atomic E-state index is 12.6. The Hall–Kier alpha value is -1.13. The normalized spacial score (nSPS) is 25.9. The van der Waals surface area contributed by atoms with Crippen molar-refractivity contribution in [3.63, 3.8) is 0 Å². The van der Waals surface area contributed by atoms with Crippen LogP contribution in [0.25, 0.3) is 0 Å². The summed E-state index contributed by atoms with van der Waals surface area (Å²) in [5, 5.41) is 17.3. The summed E-state index contributed by atoms with van der Waals surface area (Å²) in [6.45, 7) is 4.67. The summed E-state index contributed by atoms with van der Waals surface area (Å²) in [6, 6.07) is -0.246. The lowest BCUT2D eigenvalue weighted by atomic mass is 9.77. The number of nitrogens with two attached hydrogens (primary N) is 1. The van der Waals surface area contributed by atoms with Crippen molar-refractivity contribution in [2.75, 3.05) is 25.9 Å². The zero-order valence-electron chi connectivity index (χ0n) is 15.6. The Kier molecular flexibility index (Phi) is 7.70. The Balaban J connectivity index is 2.20. The minimum atomic E-state index is -0.782. The summed E-state index contributed by atoms with van der Waals surface area (Å²) < 4.78 is 5.12. The van der Waals surface area contributed by atoms with Gasteiger partial charge in [0.15, 0.2) is 13.1 Å². The Morgan fingerprint density at radius 2 is 2.30 bits per heavy atom. The second kappa shape index (κ2) is 9.38. The molecule has 148 valence electrons. The van der Waals surface area contributed by atoms with Crippen molar-refractivity contribution < 1.29 is 19.2 Å². The standard InChI is InChI=1S/C15H25BN5O4PS/c1-7-9(6-20(3)4-5-27-15(17)18)12(14(24)25-26-19-16)21-11(7)10(8(2)22)13(21)23/h7-8,10-11,19,22,26H,4-6H2,1-3H3,(H3,17,18)/t7-,8+,10+,11+/m0/s1. The van der Waals surface area contributed by atoms with Gasteiger partial charge in [-0.05, 0) is 19.5 Å². The van der Waals surface area contributed by atoms with Crippen molar-refractivity contribution in [3.8, 4) is 0 Å². The van der Waals surface area contributed by atoms with Crippen molar-refractivity contribution in [3.05, 3.63) is 11.3 Å². The molecule has 1 amide bonds. The molecule has 27 heavy (non-hydrogen) atoms. The number of aliphatic hydroxyl groups excluding tert-OH is 1. The minimum Gasteiger partial charge on any atom is -0.428 e. The number of rotatable bonds is 9. The number of carbonyl (C=O) groups is 2. The number of β-lactam (4-membered cyclic amide) rings is 1. The smallest absolute Gasteiger partial charge is 0.358 e. The van der Waals surface area contributed by atoms with Crippen molar-refractivity contribution in [1.82, 2.24) is 14.8 Å². The van der Waals surface area contributed by atoms with Gasteiger partial charge < -0.3 is 30.2 Å². The number of likely N-dealkylation sites (N-methyl/N-ethyl adjacent to an activating group) is 1. The molecule has 5 N–H and O–H groups in total. The molecule has 2 aliphatic rings. The lowest BCUT2D eigenvalue weighted by Gasteiger charge is -2.46. The first-order chi connectivity index (χ1) is 12.7. The number of nitrogens with one attached hydrogen (secondary N) is 2. The quantitative estimate of drug-likeness (QED) is 0.129. The largest absolute Gasteiger partial charge is 0.428 e. The van der Waals surface area contributed by atoms with Crippen LogP contribution in [-0.2, 0) is 14.1 Å². The molecular weight excluding hydrogens is 388 g/mol. The Morgan fingerprint density at radius 3 is 2.85 bits per heavy atom. The molecule has 1 unspecified atom stereocenters. The predicted octanol–water partition coefficient (Wildman–Crippen LogP) is -0.619. The van der Waals surface area contributed by atoms with Crippen molar-refractivity contribution in [1.29, 1.82) is 5.41 Å². The van der Waals surface area contributed by atoms with Crippen LogP contribution in [0.2, 0.25) is 0 Å². The Morgan fingerprint density at radius 1 is 1.63 bits per heavy atom. The Bertz CT molecular complexity index is 650. The molecule has 0 saturated carbocycles. The van der Waals surface area contributed by atoms with Gasteiger partial charge in [0.2, 0.25) is 5.91 Å². The fraction of sp³-hybridized carbons (Fsp3) is 0.667. The number of amidine groups is 1. The Labute approximate surface area is 166 Å². The van der Waals surface area contributed by atoms with Crippen LogP contribution in [0.5, 0.6) is 0 Å². The number of hydrogen-bond donors (Lipinski definition) is 4. The number of thioether (sulfide) groups is 1. The SMILES string of the molecule is [B]NPOC(=O)C1=C(CN(C)CCSC(=N)N)[C@H](C)[C@@H]2[C@@H]([C@@H](C)O)C(=O)N12. The first-order valence-electron chi connectivity index (χ1n) is 8.52. The molecule has 5 atom stereocenters. The third kappa shape index (κ3) is 4.66. The first-order valence-corrected chi connectivity index (χ1v) is 10.4. The molecule has 0 spiro atoms. The molecule has 2 rings (SSSR count). The van der Waals surface area contributed by atoms with E-state index in [4.69, 9.17) is 23.6 Å². The highest BCUT2D eigenvalue weighted by Crippen LogP contribution is 2.47. The minimum absolute atomic E-state index is 0.0610. The maximum Gasteiger partial charge on any atom is 0.358 e. The molecule has 12 heteroatoms. The van der Waals surface area contributed by atoms with Gasteiger partial charge in [0.1, 0.15) is 14.7 Å². The lowest BCUT2D eigenvalue weighted by molar-refractivity contribution is -0.162. The number of carbonyl (C=O) groups excluding carboxylic acids is 2. The first kappa shape index (κ1) is 22.2. The van der Waals surface area contributed by atoms with E-state index in [0.717, 1.165) is 5.57 Å². The summed E-state index contributed by atoms with van der Waals surface area (Å²) in [4.78, 5) is 30.8. The molecule has 0 aromatic carbocycles. The molecule has 2 radical (unpaired) electrons. The van der Waals surface area contributed by atoms with Gasteiger partial charge in [-0.25, -0.2) is 4.79 Å². The zero-order chi connectivity index (χ0) is 20.3. The summed E-state index contributed by atoms with van der Waals surface area (Å²) in [6.07, 6.45) is -0.782.